The first kappa shape index (κ1) is 15.3. The van der Waals surface area contributed by atoms with E-state index in [0.717, 1.165) is 37.6 Å². The van der Waals surface area contributed by atoms with E-state index in [9.17, 15) is 4.79 Å². The maximum Gasteiger partial charge on any atom is 0.309 e. The Labute approximate surface area is 140 Å². The highest BCUT2D eigenvalue weighted by atomic mass is 16.5. The Morgan fingerprint density at radius 2 is 2.08 bits per heavy atom. The van der Waals surface area contributed by atoms with Gasteiger partial charge in [0, 0.05) is 19.6 Å². The van der Waals surface area contributed by atoms with Crippen LogP contribution in [0.1, 0.15) is 42.1 Å². The van der Waals surface area contributed by atoms with Crippen LogP contribution in [0, 0.1) is 5.92 Å². The van der Waals surface area contributed by atoms with Crippen molar-refractivity contribution in [3.8, 4) is 0 Å². The largest absolute Gasteiger partial charge is 0.469 e. The van der Waals surface area contributed by atoms with Crippen molar-refractivity contribution in [1.82, 2.24) is 14.8 Å². The summed E-state index contributed by atoms with van der Waals surface area (Å²) in [6.07, 6.45) is 2.34. The van der Waals surface area contributed by atoms with Gasteiger partial charge < -0.3 is 14.0 Å². The van der Waals surface area contributed by atoms with Crippen LogP contribution in [0.3, 0.4) is 0 Å². The van der Waals surface area contributed by atoms with Crippen molar-refractivity contribution in [2.24, 2.45) is 5.92 Å². The minimum atomic E-state index is -0.155. The summed E-state index contributed by atoms with van der Waals surface area (Å²) in [5.41, 5.74) is 1.18. The molecule has 3 atom stereocenters. The smallest absolute Gasteiger partial charge is 0.309 e. The van der Waals surface area contributed by atoms with E-state index in [2.05, 4.69) is 26.9 Å². The highest BCUT2D eigenvalue weighted by Crippen LogP contribution is 2.41. The molecule has 3 heterocycles. The highest BCUT2D eigenvalue weighted by molar-refractivity contribution is 5.72. The second kappa shape index (κ2) is 6.36. The van der Waals surface area contributed by atoms with Crippen molar-refractivity contribution in [3.05, 3.63) is 47.5 Å². The summed E-state index contributed by atoms with van der Waals surface area (Å²) in [4.78, 5) is 11.8. The highest BCUT2D eigenvalue weighted by Gasteiger charge is 2.37. The Morgan fingerprint density at radius 1 is 1.25 bits per heavy atom. The number of rotatable bonds is 3. The van der Waals surface area contributed by atoms with Crippen LogP contribution in [0.5, 0.6) is 0 Å². The molecule has 0 aliphatic carbocycles. The number of aromatic nitrogens is 3. The Kier molecular flexibility index (Phi) is 4.06. The molecule has 0 spiro atoms. The second-order valence-electron chi connectivity index (χ2n) is 6.44. The van der Waals surface area contributed by atoms with Gasteiger partial charge in [-0.2, -0.15) is 0 Å². The molecular formula is C18H21N3O3. The molecule has 0 N–H and O–H groups in total. The van der Waals surface area contributed by atoms with Crippen LogP contribution in [0.2, 0.25) is 0 Å². The lowest BCUT2D eigenvalue weighted by Crippen LogP contribution is -2.28. The molecule has 1 unspecified atom stereocenters. The van der Waals surface area contributed by atoms with E-state index in [1.54, 1.807) is 0 Å². The van der Waals surface area contributed by atoms with Crippen LogP contribution < -0.4 is 0 Å². The van der Waals surface area contributed by atoms with Crippen LogP contribution in [0.25, 0.3) is 0 Å². The lowest BCUT2D eigenvalue weighted by atomic mass is 9.93. The quantitative estimate of drug-likeness (QED) is 0.809. The molecular weight excluding hydrogens is 306 g/mol. The molecule has 2 aliphatic rings. The van der Waals surface area contributed by atoms with E-state index < -0.39 is 0 Å². The van der Waals surface area contributed by atoms with E-state index in [4.69, 9.17) is 9.47 Å². The third kappa shape index (κ3) is 2.60. The van der Waals surface area contributed by atoms with Gasteiger partial charge in [0.1, 0.15) is 11.6 Å². The zero-order valence-electron chi connectivity index (χ0n) is 13.7. The number of hydrogen-bond donors (Lipinski definition) is 0. The van der Waals surface area contributed by atoms with Gasteiger partial charge in [-0.1, -0.05) is 30.3 Å². The number of ether oxygens (including phenoxy) is 2. The fourth-order valence-electron chi connectivity index (χ4n) is 3.82. The minimum Gasteiger partial charge on any atom is -0.469 e. The van der Waals surface area contributed by atoms with Crippen molar-refractivity contribution in [2.45, 2.75) is 37.8 Å². The Morgan fingerprint density at radius 3 is 2.88 bits per heavy atom. The maximum absolute atomic E-state index is 11.8. The number of esters is 1. The predicted molar refractivity (Wildman–Crippen MR) is 86.3 cm³/mol. The molecule has 6 nitrogen and oxygen atoms in total. The van der Waals surface area contributed by atoms with Crippen LogP contribution in [0.15, 0.2) is 30.3 Å². The molecule has 24 heavy (non-hydrogen) atoms. The zero-order chi connectivity index (χ0) is 16.5. The summed E-state index contributed by atoms with van der Waals surface area (Å²) < 4.78 is 13.0. The fraction of sp³-hybridized carbons (Fsp3) is 0.500. The third-order valence-electron chi connectivity index (χ3n) is 5.07. The lowest BCUT2D eigenvalue weighted by Gasteiger charge is -2.24. The van der Waals surface area contributed by atoms with Crippen LogP contribution in [-0.4, -0.2) is 34.5 Å². The molecule has 0 amide bonds. The zero-order valence-corrected chi connectivity index (χ0v) is 13.7. The molecule has 1 saturated heterocycles. The molecule has 6 heteroatoms. The molecule has 0 bridgehead atoms. The summed E-state index contributed by atoms with van der Waals surface area (Å²) in [5, 5.41) is 8.80. The molecule has 126 valence electrons. The van der Waals surface area contributed by atoms with Crippen molar-refractivity contribution in [1.29, 1.82) is 0 Å². The first-order chi connectivity index (χ1) is 11.8. The number of nitrogens with zero attached hydrogens (tertiary/aromatic N) is 3. The Bertz CT molecular complexity index is 728. The molecule has 1 aromatic heterocycles. The Balaban J connectivity index is 1.60. The van der Waals surface area contributed by atoms with E-state index >= 15 is 0 Å². The number of hydrogen-bond acceptors (Lipinski definition) is 5. The predicted octanol–water partition coefficient (Wildman–Crippen LogP) is 2.26. The van der Waals surface area contributed by atoms with Gasteiger partial charge in [-0.15, -0.1) is 10.2 Å². The van der Waals surface area contributed by atoms with Gasteiger partial charge in [-0.25, -0.2) is 0 Å². The number of carbonyl (C=O) groups excluding carboxylic acids is 1. The van der Waals surface area contributed by atoms with Gasteiger partial charge in [-0.05, 0) is 18.4 Å². The maximum atomic E-state index is 11.8. The van der Waals surface area contributed by atoms with Crippen molar-refractivity contribution in [2.75, 3.05) is 13.7 Å². The van der Waals surface area contributed by atoms with Crippen LogP contribution in [0.4, 0.5) is 0 Å². The first-order valence-electron chi connectivity index (χ1n) is 8.44. The molecule has 2 aromatic rings. The van der Waals surface area contributed by atoms with E-state index in [0.29, 0.717) is 6.42 Å². The number of fused-ring (bicyclic) bond motifs is 1. The summed E-state index contributed by atoms with van der Waals surface area (Å²) in [7, 11) is 1.44. The van der Waals surface area contributed by atoms with Gasteiger partial charge in [0.15, 0.2) is 0 Å². The molecule has 0 radical (unpaired) electrons. The third-order valence-corrected chi connectivity index (χ3v) is 5.07. The minimum absolute atomic E-state index is 0.0258. The number of benzene rings is 1. The van der Waals surface area contributed by atoms with E-state index in [-0.39, 0.29) is 23.9 Å². The van der Waals surface area contributed by atoms with Crippen LogP contribution in [-0.2, 0) is 27.2 Å². The summed E-state index contributed by atoms with van der Waals surface area (Å²) >= 11 is 0. The SMILES string of the molecule is COC(=O)C1CCn2c(nnc2[C@H]2CCO[C@@H]2c2ccccc2)C1. The van der Waals surface area contributed by atoms with Crippen molar-refractivity contribution < 1.29 is 14.3 Å². The van der Waals surface area contributed by atoms with E-state index in [1.165, 1.54) is 12.7 Å². The Hall–Kier alpha value is -2.21. The fourth-order valence-corrected chi connectivity index (χ4v) is 3.82. The molecule has 1 aromatic carbocycles. The number of carbonyl (C=O) groups is 1. The van der Waals surface area contributed by atoms with E-state index in [1.807, 2.05) is 18.2 Å². The average molecular weight is 327 g/mol. The van der Waals surface area contributed by atoms with Crippen molar-refractivity contribution >= 4 is 5.97 Å². The number of methoxy groups -OCH3 is 1. The standard InChI is InChI=1S/C18H21N3O3/c1-23-18(22)13-7-9-21-15(11-13)19-20-17(21)14-8-10-24-16(14)12-5-3-2-4-6-12/h2-6,13-14,16H,7-11H2,1H3/t13?,14-,16+/m0/s1. The molecule has 1 fully saturated rings. The lowest BCUT2D eigenvalue weighted by molar-refractivity contribution is -0.146. The van der Waals surface area contributed by atoms with Crippen LogP contribution >= 0.6 is 0 Å². The monoisotopic (exact) mass is 327 g/mol. The normalized spacial score (nSPS) is 26.1. The molecule has 2 aliphatic heterocycles. The van der Waals surface area contributed by atoms with Gasteiger partial charge in [0.05, 0.1) is 25.0 Å². The molecule has 4 rings (SSSR count). The average Bonchev–Trinajstić information content (AvgIpc) is 3.27. The summed E-state index contributed by atoms with van der Waals surface area (Å²) in [5.74, 6) is 1.81. The topological polar surface area (TPSA) is 66.2 Å². The summed E-state index contributed by atoms with van der Waals surface area (Å²) in [6, 6.07) is 10.3. The first-order valence-corrected chi connectivity index (χ1v) is 8.44. The van der Waals surface area contributed by atoms with Crippen molar-refractivity contribution in [3.63, 3.8) is 0 Å². The van der Waals surface area contributed by atoms with Gasteiger partial charge >= 0.3 is 5.97 Å². The summed E-state index contributed by atoms with van der Waals surface area (Å²) in [6.45, 7) is 1.49. The molecule has 0 saturated carbocycles. The van der Waals surface area contributed by atoms with Gasteiger partial charge in [-0.3, -0.25) is 4.79 Å². The van der Waals surface area contributed by atoms with Gasteiger partial charge in [0.2, 0.25) is 0 Å². The van der Waals surface area contributed by atoms with Gasteiger partial charge in [0.25, 0.3) is 0 Å². The second-order valence-corrected chi connectivity index (χ2v) is 6.44.